The SMILES string of the molecule is CC.CCNc1ccccc1N.[HH]. The summed E-state index contributed by atoms with van der Waals surface area (Å²) < 4.78 is 0. The van der Waals surface area contributed by atoms with Crippen molar-refractivity contribution >= 4 is 11.4 Å². The van der Waals surface area contributed by atoms with Gasteiger partial charge in [-0.15, -0.1) is 0 Å². The van der Waals surface area contributed by atoms with Gasteiger partial charge in [0.2, 0.25) is 0 Å². The maximum Gasteiger partial charge on any atom is 0.0573 e. The Bertz CT molecular complexity index is 214. The monoisotopic (exact) mass is 168 g/mol. The summed E-state index contributed by atoms with van der Waals surface area (Å²) in [6.07, 6.45) is 0. The van der Waals surface area contributed by atoms with E-state index in [9.17, 15) is 0 Å². The van der Waals surface area contributed by atoms with Crippen molar-refractivity contribution in [3.8, 4) is 0 Å². The van der Waals surface area contributed by atoms with Gasteiger partial charge in [0.25, 0.3) is 0 Å². The topological polar surface area (TPSA) is 38.0 Å². The van der Waals surface area contributed by atoms with Gasteiger partial charge in [0.05, 0.1) is 11.4 Å². The van der Waals surface area contributed by atoms with E-state index in [1.54, 1.807) is 0 Å². The van der Waals surface area contributed by atoms with Gasteiger partial charge >= 0.3 is 0 Å². The lowest BCUT2D eigenvalue weighted by Crippen LogP contribution is -1.99. The summed E-state index contributed by atoms with van der Waals surface area (Å²) in [5, 5.41) is 3.15. The van der Waals surface area contributed by atoms with Gasteiger partial charge in [-0.2, -0.15) is 0 Å². The average Bonchev–Trinajstić information content (AvgIpc) is 2.13. The lowest BCUT2D eigenvalue weighted by atomic mass is 10.3. The summed E-state index contributed by atoms with van der Waals surface area (Å²) in [7, 11) is 0. The Labute approximate surface area is 76.3 Å². The minimum Gasteiger partial charge on any atom is -0.397 e. The minimum absolute atomic E-state index is 0. The Balaban J connectivity index is 0. The van der Waals surface area contributed by atoms with Crippen LogP contribution in [-0.2, 0) is 0 Å². The number of para-hydroxylation sites is 2. The highest BCUT2D eigenvalue weighted by atomic mass is 14.9. The molecule has 0 unspecified atom stereocenters. The van der Waals surface area contributed by atoms with Crippen LogP contribution in [0, 0.1) is 0 Å². The quantitative estimate of drug-likeness (QED) is 0.666. The second-order valence-corrected chi connectivity index (χ2v) is 2.12. The fourth-order valence-electron chi connectivity index (χ4n) is 0.848. The van der Waals surface area contributed by atoms with Crippen molar-refractivity contribution < 1.29 is 1.43 Å². The molecule has 2 heteroatoms. The first-order valence-corrected chi connectivity index (χ1v) is 4.43. The zero-order valence-electron chi connectivity index (χ0n) is 8.09. The molecule has 2 nitrogen and oxygen atoms in total. The summed E-state index contributed by atoms with van der Waals surface area (Å²) in [6, 6.07) is 7.75. The van der Waals surface area contributed by atoms with Gasteiger partial charge in [0.1, 0.15) is 0 Å². The molecule has 0 spiro atoms. The third kappa shape index (κ3) is 3.28. The number of nitrogens with one attached hydrogen (secondary N) is 1. The zero-order chi connectivity index (χ0) is 9.40. The van der Waals surface area contributed by atoms with E-state index >= 15 is 0 Å². The van der Waals surface area contributed by atoms with E-state index in [1.165, 1.54) is 0 Å². The first-order chi connectivity index (χ1) is 5.84. The van der Waals surface area contributed by atoms with Crippen LogP contribution in [0.25, 0.3) is 0 Å². The third-order valence-electron chi connectivity index (χ3n) is 1.33. The molecule has 0 aliphatic rings. The summed E-state index contributed by atoms with van der Waals surface area (Å²) in [5.41, 5.74) is 7.47. The molecule has 12 heavy (non-hydrogen) atoms. The van der Waals surface area contributed by atoms with Gasteiger partial charge < -0.3 is 11.1 Å². The number of anilines is 2. The molecule has 1 aromatic carbocycles. The van der Waals surface area contributed by atoms with Gasteiger partial charge in [-0.3, -0.25) is 0 Å². The maximum atomic E-state index is 5.64. The van der Waals surface area contributed by atoms with E-state index in [2.05, 4.69) is 5.32 Å². The van der Waals surface area contributed by atoms with Crippen molar-refractivity contribution in [1.82, 2.24) is 0 Å². The first kappa shape index (κ1) is 10.8. The van der Waals surface area contributed by atoms with Crippen molar-refractivity contribution in [2.24, 2.45) is 0 Å². The lowest BCUT2D eigenvalue weighted by molar-refractivity contribution is 1.21. The number of hydrogen-bond donors (Lipinski definition) is 2. The molecular formula is C10H20N2. The molecule has 1 aromatic rings. The van der Waals surface area contributed by atoms with Crippen LogP contribution in [0.1, 0.15) is 22.2 Å². The van der Waals surface area contributed by atoms with Crippen LogP contribution in [0.15, 0.2) is 24.3 Å². The van der Waals surface area contributed by atoms with E-state index < -0.39 is 0 Å². The Kier molecular flexibility index (Phi) is 5.88. The van der Waals surface area contributed by atoms with Crippen molar-refractivity contribution in [3.05, 3.63) is 24.3 Å². The van der Waals surface area contributed by atoms with Crippen LogP contribution in [0.2, 0.25) is 0 Å². The van der Waals surface area contributed by atoms with Gasteiger partial charge in [0, 0.05) is 7.97 Å². The molecule has 0 aliphatic carbocycles. The van der Waals surface area contributed by atoms with E-state index in [0.717, 1.165) is 17.9 Å². The van der Waals surface area contributed by atoms with Crippen molar-refractivity contribution in [3.63, 3.8) is 0 Å². The van der Waals surface area contributed by atoms with Crippen LogP contribution in [0.3, 0.4) is 0 Å². The number of nitrogen functional groups attached to an aromatic ring is 1. The molecule has 0 heterocycles. The van der Waals surface area contributed by atoms with E-state index in [-0.39, 0.29) is 1.43 Å². The molecule has 0 aromatic heterocycles. The molecule has 0 fully saturated rings. The highest BCUT2D eigenvalue weighted by Gasteiger charge is 1.91. The number of nitrogens with two attached hydrogens (primary N) is 1. The number of rotatable bonds is 2. The summed E-state index contributed by atoms with van der Waals surface area (Å²) in [6.45, 7) is 6.96. The van der Waals surface area contributed by atoms with Crippen LogP contribution < -0.4 is 11.1 Å². The van der Waals surface area contributed by atoms with E-state index in [0.29, 0.717) is 0 Å². The molecule has 0 saturated heterocycles. The molecular weight excluding hydrogens is 148 g/mol. The van der Waals surface area contributed by atoms with Gasteiger partial charge in [-0.25, -0.2) is 0 Å². The second kappa shape index (κ2) is 6.53. The maximum absolute atomic E-state index is 5.64. The summed E-state index contributed by atoms with van der Waals surface area (Å²) in [5.74, 6) is 0. The molecule has 0 amide bonds. The highest BCUT2D eigenvalue weighted by molar-refractivity contribution is 5.65. The lowest BCUT2D eigenvalue weighted by Gasteiger charge is -2.04. The Morgan fingerprint density at radius 3 is 2.42 bits per heavy atom. The molecule has 0 atom stereocenters. The molecule has 0 bridgehead atoms. The molecule has 0 saturated carbocycles. The molecule has 0 radical (unpaired) electrons. The zero-order valence-corrected chi connectivity index (χ0v) is 8.09. The fourth-order valence-corrected chi connectivity index (χ4v) is 0.848. The second-order valence-electron chi connectivity index (χ2n) is 2.12. The minimum atomic E-state index is 0. The van der Waals surface area contributed by atoms with Crippen LogP contribution in [-0.4, -0.2) is 6.54 Å². The number of benzene rings is 1. The van der Waals surface area contributed by atoms with E-state index in [1.807, 2.05) is 45.0 Å². The van der Waals surface area contributed by atoms with E-state index in [4.69, 9.17) is 5.73 Å². The van der Waals surface area contributed by atoms with Gasteiger partial charge in [0.15, 0.2) is 0 Å². The fraction of sp³-hybridized carbons (Fsp3) is 0.400. The van der Waals surface area contributed by atoms with Crippen LogP contribution in [0.4, 0.5) is 11.4 Å². The smallest absolute Gasteiger partial charge is 0.0573 e. The molecule has 3 N–H and O–H groups in total. The van der Waals surface area contributed by atoms with Crippen molar-refractivity contribution in [2.45, 2.75) is 20.8 Å². The highest BCUT2D eigenvalue weighted by Crippen LogP contribution is 2.15. The van der Waals surface area contributed by atoms with Crippen LogP contribution >= 0.6 is 0 Å². The van der Waals surface area contributed by atoms with Gasteiger partial charge in [-0.1, -0.05) is 26.0 Å². The Morgan fingerprint density at radius 2 is 1.92 bits per heavy atom. The van der Waals surface area contributed by atoms with Gasteiger partial charge in [-0.05, 0) is 19.1 Å². The predicted molar refractivity (Wildman–Crippen MR) is 58.5 cm³/mol. The third-order valence-corrected chi connectivity index (χ3v) is 1.33. The Hall–Kier alpha value is -1.18. The molecule has 70 valence electrons. The van der Waals surface area contributed by atoms with Crippen molar-refractivity contribution in [2.75, 3.05) is 17.6 Å². The molecule has 1 rings (SSSR count). The Morgan fingerprint density at radius 1 is 1.33 bits per heavy atom. The normalized spacial score (nSPS) is 8.25. The van der Waals surface area contributed by atoms with Crippen LogP contribution in [0.5, 0.6) is 0 Å². The summed E-state index contributed by atoms with van der Waals surface area (Å²) >= 11 is 0. The molecule has 0 aliphatic heterocycles. The largest absolute Gasteiger partial charge is 0.397 e. The van der Waals surface area contributed by atoms with Crippen molar-refractivity contribution in [1.29, 1.82) is 0 Å². The predicted octanol–water partition coefficient (Wildman–Crippen LogP) is 2.97. The average molecular weight is 168 g/mol. The standard InChI is InChI=1S/C8H12N2.C2H6.H2/c1-2-10-8-6-4-3-5-7(8)9;1-2;/h3-6,10H,2,9H2,1H3;1-2H3;1H. The summed E-state index contributed by atoms with van der Waals surface area (Å²) in [4.78, 5) is 0. The first-order valence-electron chi connectivity index (χ1n) is 4.43. The number of hydrogen-bond acceptors (Lipinski definition) is 2.